The fraction of sp³-hybridized carbons (Fsp3) is 0.167. The summed E-state index contributed by atoms with van der Waals surface area (Å²) in [6, 6.07) is 6.34. The molecule has 0 unspecified atom stereocenters. The molecule has 8 heteroatoms. The quantitative estimate of drug-likeness (QED) is 0.729. The van der Waals surface area contributed by atoms with Gasteiger partial charge in [-0.15, -0.1) is 0 Å². The van der Waals surface area contributed by atoms with E-state index in [0.717, 1.165) is 34.8 Å². The van der Waals surface area contributed by atoms with Crippen LogP contribution in [0.1, 0.15) is 23.9 Å². The maximum atomic E-state index is 12.8. The number of imidazole rings is 1. The number of halogens is 3. The average molecular weight is 359 g/mol. The summed E-state index contributed by atoms with van der Waals surface area (Å²) >= 11 is 0. The van der Waals surface area contributed by atoms with Crippen LogP contribution in [0, 0.1) is 6.92 Å². The van der Waals surface area contributed by atoms with Crippen molar-refractivity contribution < 1.29 is 13.2 Å². The van der Waals surface area contributed by atoms with Gasteiger partial charge in [0, 0.05) is 23.8 Å². The number of aryl methyl sites for hydroxylation is 1. The van der Waals surface area contributed by atoms with Crippen molar-refractivity contribution in [2.75, 3.05) is 5.32 Å². The Morgan fingerprint density at radius 2 is 1.96 bits per heavy atom. The number of alkyl halides is 3. The first-order chi connectivity index (χ1) is 12.2. The Kier molecular flexibility index (Phi) is 4.50. The lowest BCUT2D eigenvalue weighted by Gasteiger charge is -2.11. The number of nitrogens with zero attached hydrogens (tertiary/aromatic N) is 4. The van der Waals surface area contributed by atoms with Crippen molar-refractivity contribution in [1.82, 2.24) is 19.5 Å². The van der Waals surface area contributed by atoms with Crippen molar-refractivity contribution in [2.24, 2.45) is 0 Å². The molecule has 0 saturated heterocycles. The van der Waals surface area contributed by atoms with Crippen molar-refractivity contribution in [3.8, 4) is 5.69 Å². The van der Waals surface area contributed by atoms with E-state index in [9.17, 15) is 13.2 Å². The van der Waals surface area contributed by atoms with Crippen LogP contribution in [0.3, 0.4) is 0 Å². The first kappa shape index (κ1) is 17.7. The van der Waals surface area contributed by atoms with Crippen LogP contribution in [0.5, 0.6) is 0 Å². The molecule has 0 fully saturated rings. The summed E-state index contributed by atoms with van der Waals surface area (Å²) in [5, 5.41) is 2.82. The van der Waals surface area contributed by atoms with E-state index in [1.807, 2.05) is 30.7 Å². The molecule has 134 valence electrons. The SMILES string of the molecule is C=C(C)c1cn(-c2cc(C)cc(Nc3nccc(C(F)(F)F)n3)c2)cn1. The Labute approximate surface area is 148 Å². The van der Waals surface area contributed by atoms with E-state index >= 15 is 0 Å². The predicted molar refractivity (Wildman–Crippen MR) is 93.3 cm³/mol. The Morgan fingerprint density at radius 1 is 1.19 bits per heavy atom. The second-order valence-corrected chi connectivity index (χ2v) is 5.89. The Morgan fingerprint density at radius 3 is 2.62 bits per heavy atom. The molecule has 0 radical (unpaired) electrons. The van der Waals surface area contributed by atoms with Crippen molar-refractivity contribution >= 4 is 17.2 Å². The first-order valence-corrected chi connectivity index (χ1v) is 7.71. The summed E-state index contributed by atoms with van der Waals surface area (Å²) in [6.07, 6.45) is 0.0434. The Hall–Kier alpha value is -3.16. The molecule has 3 aromatic rings. The average Bonchev–Trinajstić information content (AvgIpc) is 3.04. The number of nitrogens with one attached hydrogen (secondary N) is 1. The van der Waals surface area contributed by atoms with Gasteiger partial charge in [0.05, 0.1) is 12.0 Å². The molecular weight excluding hydrogens is 343 g/mol. The van der Waals surface area contributed by atoms with Gasteiger partial charge in [0.1, 0.15) is 5.69 Å². The maximum absolute atomic E-state index is 12.8. The third-order valence-electron chi connectivity index (χ3n) is 3.58. The van der Waals surface area contributed by atoms with Gasteiger partial charge in [-0.2, -0.15) is 13.2 Å². The fourth-order valence-electron chi connectivity index (χ4n) is 2.37. The van der Waals surface area contributed by atoms with Crippen LogP contribution in [-0.4, -0.2) is 19.5 Å². The monoisotopic (exact) mass is 359 g/mol. The molecule has 1 N–H and O–H groups in total. The van der Waals surface area contributed by atoms with Crippen molar-refractivity contribution in [1.29, 1.82) is 0 Å². The minimum Gasteiger partial charge on any atom is -0.324 e. The molecule has 0 aliphatic heterocycles. The standard InChI is InChI=1S/C18H16F3N5/c1-11(2)15-9-26(10-23-15)14-7-12(3)6-13(8-14)24-17-22-5-4-16(25-17)18(19,20)21/h4-10H,1H2,2-3H3,(H,22,24,25). The van der Waals surface area contributed by atoms with Crippen LogP contribution in [0.15, 0.2) is 49.6 Å². The second-order valence-electron chi connectivity index (χ2n) is 5.89. The lowest BCUT2D eigenvalue weighted by atomic mass is 10.2. The van der Waals surface area contributed by atoms with Gasteiger partial charge in [-0.05, 0) is 49.2 Å². The molecule has 0 amide bonds. The van der Waals surface area contributed by atoms with Gasteiger partial charge < -0.3 is 9.88 Å². The first-order valence-electron chi connectivity index (χ1n) is 7.71. The minimum absolute atomic E-state index is 0.121. The maximum Gasteiger partial charge on any atom is 0.433 e. The van der Waals surface area contributed by atoms with E-state index in [1.165, 1.54) is 0 Å². The third kappa shape index (κ3) is 3.90. The summed E-state index contributed by atoms with van der Waals surface area (Å²) < 4.78 is 40.2. The predicted octanol–water partition coefficient (Wildman–Crippen LogP) is 4.77. The van der Waals surface area contributed by atoms with Gasteiger partial charge in [0.15, 0.2) is 0 Å². The van der Waals surface area contributed by atoms with Crippen molar-refractivity contribution in [2.45, 2.75) is 20.0 Å². The number of aromatic nitrogens is 4. The molecule has 5 nitrogen and oxygen atoms in total. The molecule has 0 aliphatic rings. The number of rotatable bonds is 4. The van der Waals surface area contributed by atoms with Gasteiger partial charge in [0.25, 0.3) is 0 Å². The minimum atomic E-state index is -4.52. The van der Waals surface area contributed by atoms with Gasteiger partial charge in [-0.3, -0.25) is 0 Å². The summed E-state index contributed by atoms with van der Waals surface area (Å²) in [5.74, 6) is -0.121. The number of allylic oxidation sites excluding steroid dienone is 1. The zero-order valence-corrected chi connectivity index (χ0v) is 14.2. The molecule has 3 rings (SSSR count). The van der Waals surface area contributed by atoms with Crippen molar-refractivity contribution in [3.05, 3.63) is 66.5 Å². The molecular formula is C18H16F3N5. The highest BCUT2D eigenvalue weighted by Gasteiger charge is 2.32. The molecule has 0 saturated carbocycles. The summed E-state index contributed by atoms with van der Waals surface area (Å²) in [7, 11) is 0. The van der Waals surface area contributed by atoms with Gasteiger partial charge >= 0.3 is 6.18 Å². The van der Waals surface area contributed by atoms with Crippen LogP contribution >= 0.6 is 0 Å². The fourth-order valence-corrected chi connectivity index (χ4v) is 2.37. The highest BCUT2D eigenvalue weighted by Crippen LogP contribution is 2.28. The van der Waals surface area contributed by atoms with Gasteiger partial charge in [0.2, 0.25) is 5.95 Å². The highest BCUT2D eigenvalue weighted by molar-refractivity contribution is 5.61. The van der Waals surface area contributed by atoms with E-state index in [0.29, 0.717) is 5.69 Å². The zero-order chi connectivity index (χ0) is 18.9. The number of hydrogen-bond acceptors (Lipinski definition) is 4. The summed E-state index contributed by atoms with van der Waals surface area (Å²) in [5.41, 5.74) is 2.91. The molecule has 0 atom stereocenters. The number of benzene rings is 1. The van der Waals surface area contributed by atoms with Crippen LogP contribution in [-0.2, 0) is 6.18 Å². The highest BCUT2D eigenvalue weighted by atomic mass is 19.4. The van der Waals surface area contributed by atoms with E-state index in [4.69, 9.17) is 0 Å². The number of hydrogen-bond donors (Lipinski definition) is 1. The third-order valence-corrected chi connectivity index (χ3v) is 3.58. The molecule has 2 heterocycles. The number of anilines is 2. The normalized spacial score (nSPS) is 11.4. The largest absolute Gasteiger partial charge is 0.433 e. The van der Waals surface area contributed by atoms with E-state index in [2.05, 4.69) is 26.8 Å². The van der Waals surface area contributed by atoms with Gasteiger partial charge in [-0.25, -0.2) is 15.0 Å². The molecule has 1 aromatic carbocycles. The molecule has 0 bridgehead atoms. The van der Waals surface area contributed by atoms with Crippen LogP contribution in [0.4, 0.5) is 24.8 Å². The van der Waals surface area contributed by atoms with E-state index in [1.54, 1.807) is 18.5 Å². The lowest BCUT2D eigenvalue weighted by molar-refractivity contribution is -0.141. The second kappa shape index (κ2) is 6.62. The Bertz CT molecular complexity index is 959. The summed E-state index contributed by atoms with van der Waals surface area (Å²) in [6.45, 7) is 7.60. The zero-order valence-electron chi connectivity index (χ0n) is 14.2. The van der Waals surface area contributed by atoms with Gasteiger partial charge in [-0.1, -0.05) is 6.58 Å². The van der Waals surface area contributed by atoms with E-state index < -0.39 is 11.9 Å². The van der Waals surface area contributed by atoms with Crippen LogP contribution in [0.2, 0.25) is 0 Å². The van der Waals surface area contributed by atoms with Crippen molar-refractivity contribution in [3.63, 3.8) is 0 Å². The van der Waals surface area contributed by atoms with E-state index in [-0.39, 0.29) is 5.95 Å². The van der Waals surface area contributed by atoms with Crippen LogP contribution in [0.25, 0.3) is 11.3 Å². The topological polar surface area (TPSA) is 55.6 Å². The van der Waals surface area contributed by atoms with Crippen LogP contribution < -0.4 is 5.32 Å². The smallest absolute Gasteiger partial charge is 0.324 e. The lowest BCUT2D eigenvalue weighted by Crippen LogP contribution is -2.10. The summed E-state index contributed by atoms with van der Waals surface area (Å²) in [4.78, 5) is 11.6. The molecule has 0 spiro atoms. The molecule has 2 aromatic heterocycles. The Balaban J connectivity index is 1.92. The molecule has 26 heavy (non-hydrogen) atoms. The molecule has 0 aliphatic carbocycles.